The summed E-state index contributed by atoms with van der Waals surface area (Å²) in [5.74, 6) is -0.180. The van der Waals surface area contributed by atoms with Gasteiger partial charge < -0.3 is 15.0 Å². The van der Waals surface area contributed by atoms with Gasteiger partial charge in [-0.15, -0.1) is 0 Å². The summed E-state index contributed by atoms with van der Waals surface area (Å²) in [6, 6.07) is 5.01. The first-order valence-electron chi connectivity index (χ1n) is 10.5. The van der Waals surface area contributed by atoms with Crippen molar-refractivity contribution in [1.82, 2.24) is 9.29 Å². The Hall–Kier alpha value is -1.75. The Labute approximate surface area is 181 Å². The third kappa shape index (κ3) is 4.61. The van der Waals surface area contributed by atoms with Crippen LogP contribution in [0.15, 0.2) is 18.2 Å². The third-order valence-corrected chi connectivity index (χ3v) is 8.66. The summed E-state index contributed by atoms with van der Waals surface area (Å²) >= 11 is 1.59. The summed E-state index contributed by atoms with van der Waals surface area (Å²) in [7, 11) is -3.41. The average molecular weight is 453 g/mol. The van der Waals surface area contributed by atoms with Gasteiger partial charge in [0.25, 0.3) is 0 Å². The Kier molecular flexibility index (Phi) is 6.57. The van der Waals surface area contributed by atoms with Crippen LogP contribution in [0, 0.1) is 0 Å². The summed E-state index contributed by atoms with van der Waals surface area (Å²) in [5, 5.41) is 3.90. The van der Waals surface area contributed by atoms with Crippen LogP contribution < -0.4 is 10.2 Å². The van der Waals surface area contributed by atoms with Crippen molar-refractivity contribution in [3.8, 4) is 0 Å². The highest BCUT2D eigenvalue weighted by Crippen LogP contribution is 2.31. The molecule has 2 saturated heterocycles. The highest BCUT2D eigenvalue weighted by molar-refractivity contribution is 7.89. The topological polar surface area (TPSA) is 91.8 Å². The van der Waals surface area contributed by atoms with E-state index in [1.807, 2.05) is 25.1 Å². The van der Waals surface area contributed by atoms with E-state index < -0.39 is 16.1 Å². The second-order valence-corrected chi connectivity index (χ2v) is 10.8. The van der Waals surface area contributed by atoms with Crippen molar-refractivity contribution in [2.24, 2.45) is 0 Å². The average Bonchev–Trinajstić information content (AvgIpc) is 3.18. The van der Waals surface area contributed by atoms with E-state index in [0.717, 1.165) is 41.3 Å². The van der Waals surface area contributed by atoms with Crippen LogP contribution >= 0.6 is 11.3 Å². The van der Waals surface area contributed by atoms with Gasteiger partial charge in [0, 0.05) is 25.3 Å². The van der Waals surface area contributed by atoms with Gasteiger partial charge in [0.2, 0.25) is 15.9 Å². The number of aromatic nitrogens is 1. The molecule has 8 nitrogen and oxygen atoms in total. The molecule has 1 N–H and O–H groups in total. The van der Waals surface area contributed by atoms with E-state index in [1.54, 1.807) is 11.3 Å². The Morgan fingerprint density at radius 1 is 1.27 bits per heavy atom. The van der Waals surface area contributed by atoms with Crippen LogP contribution in [-0.4, -0.2) is 68.3 Å². The van der Waals surface area contributed by atoms with E-state index in [2.05, 4.69) is 10.2 Å². The fourth-order valence-corrected chi connectivity index (χ4v) is 6.78. The highest BCUT2D eigenvalue weighted by atomic mass is 32.2. The summed E-state index contributed by atoms with van der Waals surface area (Å²) in [5.41, 5.74) is 1.56. The number of thiazole rings is 1. The maximum absolute atomic E-state index is 13.0. The number of piperidine rings is 1. The standard InChI is InChI=1S/C20H28N4O4S2/c1-2-13-30(26,27)24-8-4-3-5-17(24)19(25)21-15-6-7-16-18(14-15)29-20(22-16)23-9-11-28-12-10-23/h6-7,14,17H,2-5,8-13H2,1H3,(H,21,25)/t17-/m1/s1. The molecule has 2 aliphatic rings. The van der Waals surface area contributed by atoms with E-state index in [-0.39, 0.29) is 11.7 Å². The van der Waals surface area contributed by atoms with Gasteiger partial charge in [-0.2, -0.15) is 4.31 Å². The minimum absolute atomic E-state index is 0.0773. The van der Waals surface area contributed by atoms with Crippen molar-refractivity contribution in [1.29, 1.82) is 0 Å². The quantitative estimate of drug-likeness (QED) is 0.725. The molecule has 0 aliphatic carbocycles. The van der Waals surface area contributed by atoms with Crippen molar-refractivity contribution in [3.05, 3.63) is 18.2 Å². The number of benzene rings is 1. The number of carbonyl (C=O) groups is 1. The number of nitrogens with zero attached hydrogens (tertiary/aromatic N) is 3. The Morgan fingerprint density at radius 2 is 2.07 bits per heavy atom. The number of rotatable bonds is 6. The number of carbonyl (C=O) groups excluding carboxylic acids is 1. The molecule has 4 rings (SSSR count). The lowest BCUT2D eigenvalue weighted by molar-refractivity contribution is -0.120. The van der Waals surface area contributed by atoms with E-state index in [4.69, 9.17) is 9.72 Å². The van der Waals surface area contributed by atoms with Crippen LogP contribution in [0.25, 0.3) is 10.2 Å². The maximum Gasteiger partial charge on any atom is 0.242 e. The smallest absolute Gasteiger partial charge is 0.242 e. The summed E-state index contributed by atoms with van der Waals surface area (Å²) < 4.78 is 33.0. The lowest BCUT2D eigenvalue weighted by Crippen LogP contribution is -2.50. The van der Waals surface area contributed by atoms with Crippen LogP contribution in [0.4, 0.5) is 10.8 Å². The zero-order valence-corrected chi connectivity index (χ0v) is 18.8. The highest BCUT2D eigenvalue weighted by Gasteiger charge is 2.36. The lowest BCUT2D eigenvalue weighted by atomic mass is 10.0. The lowest BCUT2D eigenvalue weighted by Gasteiger charge is -2.33. The maximum atomic E-state index is 13.0. The summed E-state index contributed by atoms with van der Waals surface area (Å²) in [6.07, 6.45) is 2.75. The number of fused-ring (bicyclic) bond motifs is 1. The molecule has 0 bridgehead atoms. The molecule has 2 aliphatic heterocycles. The summed E-state index contributed by atoms with van der Waals surface area (Å²) in [6.45, 7) is 5.32. The molecule has 1 aromatic heterocycles. The third-order valence-electron chi connectivity index (χ3n) is 5.50. The van der Waals surface area contributed by atoms with Gasteiger partial charge in [-0.1, -0.05) is 24.7 Å². The largest absolute Gasteiger partial charge is 0.378 e. The Bertz CT molecular complexity index is 1000. The number of amides is 1. The molecule has 0 radical (unpaired) electrons. The van der Waals surface area contributed by atoms with Crippen molar-refractivity contribution < 1.29 is 17.9 Å². The van der Waals surface area contributed by atoms with Crippen LogP contribution in [-0.2, 0) is 19.6 Å². The molecule has 10 heteroatoms. The van der Waals surface area contributed by atoms with Crippen LogP contribution in [0.5, 0.6) is 0 Å². The first-order chi connectivity index (χ1) is 14.5. The first kappa shape index (κ1) is 21.5. The number of hydrogen-bond acceptors (Lipinski definition) is 7. The predicted octanol–water partition coefficient (Wildman–Crippen LogP) is 2.67. The van der Waals surface area contributed by atoms with Gasteiger partial charge in [-0.05, 0) is 37.5 Å². The van der Waals surface area contributed by atoms with E-state index >= 15 is 0 Å². The number of nitrogens with one attached hydrogen (secondary N) is 1. The fraction of sp³-hybridized carbons (Fsp3) is 0.600. The Morgan fingerprint density at radius 3 is 2.83 bits per heavy atom. The molecule has 30 heavy (non-hydrogen) atoms. The van der Waals surface area contributed by atoms with Gasteiger partial charge in [0.1, 0.15) is 6.04 Å². The van der Waals surface area contributed by atoms with Crippen molar-refractivity contribution in [2.45, 2.75) is 38.6 Å². The van der Waals surface area contributed by atoms with Crippen LogP contribution in [0.2, 0.25) is 0 Å². The van der Waals surface area contributed by atoms with Gasteiger partial charge in [-0.25, -0.2) is 13.4 Å². The predicted molar refractivity (Wildman–Crippen MR) is 120 cm³/mol. The zero-order valence-electron chi connectivity index (χ0n) is 17.2. The van der Waals surface area contributed by atoms with E-state index in [1.165, 1.54) is 4.31 Å². The molecule has 3 heterocycles. The van der Waals surface area contributed by atoms with E-state index in [0.29, 0.717) is 38.3 Å². The van der Waals surface area contributed by atoms with Crippen LogP contribution in [0.1, 0.15) is 32.6 Å². The Balaban J connectivity index is 1.50. The molecule has 2 fully saturated rings. The van der Waals surface area contributed by atoms with Crippen molar-refractivity contribution in [3.63, 3.8) is 0 Å². The molecule has 0 unspecified atom stereocenters. The molecule has 1 amide bonds. The minimum atomic E-state index is -3.41. The zero-order chi connectivity index (χ0) is 21.1. The molecule has 0 saturated carbocycles. The number of morpholine rings is 1. The summed E-state index contributed by atoms with van der Waals surface area (Å²) in [4.78, 5) is 19.9. The molecule has 1 atom stereocenters. The SMILES string of the molecule is CCCS(=O)(=O)N1CCCC[C@@H]1C(=O)Nc1ccc2nc(N3CCOCC3)sc2c1. The van der Waals surface area contributed by atoms with Gasteiger partial charge >= 0.3 is 0 Å². The van der Waals surface area contributed by atoms with Gasteiger partial charge in [0.05, 0.1) is 29.2 Å². The molecular formula is C20H28N4O4S2. The van der Waals surface area contributed by atoms with Crippen molar-refractivity contribution in [2.75, 3.05) is 48.8 Å². The van der Waals surface area contributed by atoms with Gasteiger partial charge in [0.15, 0.2) is 5.13 Å². The molecule has 0 spiro atoms. The fourth-order valence-electron chi connectivity index (χ4n) is 3.98. The molecule has 2 aromatic rings. The van der Waals surface area contributed by atoms with Crippen molar-refractivity contribution >= 4 is 48.3 Å². The second-order valence-electron chi connectivity index (χ2n) is 7.71. The molecular weight excluding hydrogens is 424 g/mol. The molecule has 164 valence electrons. The second kappa shape index (κ2) is 9.17. The normalized spacial score (nSPS) is 21.1. The number of anilines is 2. The van der Waals surface area contributed by atoms with Gasteiger partial charge in [-0.3, -0.25) is 4.79 Å². The number of sulfonamides is 1. The monoisotopic (exact) mass is 452 g/mol. The first-order valence-corrected chi connectivity index (χ1v) is 12.9. The number of hydrogen-bond donors (Lipinski definition) is 1. The number of ether oxygens (including phenoxy) is 1. The van der Waals surface area contributed by atoms with Crippen LogP contribution in [0.3, 0.4) is 0 Å². The minimum Gasteiger partial charge on any atom is -0.378 e. The molecule has 1 aromatic carbocycles. The van der Waals surface area contributed by atoms with E-state index in [9.17, 15) is 13.2 Å².